The first-order chi connectivity index (χ1) is 38.6. The number of allylic oxidation sites excluding steroid dienone is 16. The van der Waals surface area contributed by atoms with Crippen LogP contribution in [0.3, 0.4) is 0 Å². The Morgan fingerprint density at radius 2 is 0.722 bits per heavy atom. The van der Waals surface area contributed by atoms with Gasteiger partial charge in [-0.1, -0.05) is 278 Å². The Morgan fingerprint density at radius 3 is 1.08 bits per heavy atom. The molecule has 0 aromatic heterocycles. The molecular weight excluding hydrogens is 983 g/mol. The number of quaternary nitrogens is 1. The minimum atomic E-state index is -1.62. The molecule has 0 saturated carbocycles. The molecule has 0 aliphatic rings. The summed E-state index contributed by atoms with van der Waals surface area (Å²) in [5, 5.41) is 11.8. The molecule has 0 aromatic rings. The number of likely N-dealkylation sites (N-methyl/N-ethyl adjacent to an activating group) is 1. The van der Waals surface area contributed by atoms with E-state index in [1.54, 1.807) is 0 Å². The minimum Gasteiger partial charge on any atom is -0.545 e. The molecule has 0 bridgehead atoms. The highest BCUT2D eigenvalue weighted by Crippen LogP contribution is 2.17. The fourth-order valence-electron chi connectivity index (χ4n) is 8.91. The maximum atomic E-state index is 12.9. The highest BCUT2D eigenvalue weighted by atomic mass is 16.7. The Kier molecular flexibility index (Phi) is 57.4. The molecule has 0 aromatic carbocycles. The molecule has 79 heavy (non-hydrogen) atoms. The first-order valence-corrected chi connectivity index (χ1v) is 32.4. The second kappa shape index (κ2) is 60.3. The zero-order valence-electron chi connectivity index (χ0n) is 51.7. The number of hydrogen-bond donors (Lipinski definition) is 0. The highest BCUT2D eigenvalue weighted by Gasteiger charge is 2.22. The molecule has 454 valence electrons. The number of hydrogen-bond acceptors (Lipinski definition) is 8. The van der Waals surface area contributed by atoms with Crippen LogP contribution in [0.2, 0.25) is 0 Å². The lowest BCUT2D eigenvalue weighted by Crippen LogP contribution is -2.44. The van der Waals surface area contributed by atoms with Gasteiger partial charge in [0.2, 0.25) is 0 Å². The maximum Gasteiger partial charge on any atom is 0.306 e. The molecule has 2 atom stereocenters. The van der Waals surface area contributed by atoms with Crippen LogP contribution in [-0.2, 0) is 33.3 Å². The van der Waals surface area contributed by atoms with E-state index in [2.05, 4.69) is 111 Å². The van der Waals surface area contributed by atoms with Crippen molar-refractivity contribution < 1.29 is 42.9 Å². The van der Waals surface area contributed by atoms with Crippen LogP contribution in [0, 0.1) is 0 Å². The lowest BCUT2D eigenvalue weighted by Gasteiger charge is -2.26. The molecule has 9 nitrogen and oxygen atoms in total. The summed E-state index contributed by atoms with van der Waals surface area (Å²) < 4.78 is 22.7. The summed E-state index contributed by atoms with van der Waals surface area (Å²) in [4.78, 5) is 37.4. The molecule has 0 N–H and O–H groups in total. The van der Waals surface area contributed by atoms with Gasteiger partial charge in [0.05, 0.1) is 40.3 Å². The molecule has 0 aliphatic heterocycles. The summed E-state index contributed by atoms with van der Waals surface area (Å²) in [7, 11) is 5.93. The van der Waals surface area contributed by atoms with Gasteiger partial charge in [-0.15, -0.1) is 0 Å². The van der Waals surface area contributed by atoms with Crippen molar-refractivity contribution in [2.24, 2.45) is 0 Å². The van der Waals surface area contributed by atoms with Crippen molar-refractivity contribution in [3.05, 3.63) is 97.2 Å². The van der Waals surface area contributed by atoms with Gasteiger partial charge in [0, 0.05) is 12.8 Å². The summed E-state index contributed by atoms with van der Waals surface area (Å²) in [6, 6.07) is 0. The second-order valence-electron chi connectivity index (χ2n) is 22.7. The number of carboxylic acid groups (broad SMARTS) is 1. The number of carbonyl (C=O) groups excluding carboxylic acids is 3. The number of ether oxygens (including phenoxy) is 4. The Balaban J connectivity index is 4.13. The topological polar surface area (TPSA) is 111 Å². The van der Waals surface area contributed by atoms with Gasteiger partial charge in [0.25, 0.3) is 0 Å². The summed E-state index contributed by atoms with van der Waals surface area (Å²) in [5.41, 5.74) is 0. The standard InChI is InChI=1S/C70H121NO8/c1-6-8-10-12-14-16-18-20-22-24-25-26-27-28-29-30-31-32-33-34-35-36-37-38-39-40-41-42-43-45-47-49-51-53-55-57-59-61-68(73)79-66(65-78-70(69(74)75)76-63-62-71(3,4)5)64-77-67(72)60-58-56-54-52-50-48-46-44-23-21-19-17-15-13-11-9-7-2/h8,10,14,16,20,22,25-26,28-29,31-32,34-35,37-38,66,70H,6-7,9,11-13,15,17-19,21,23-24,27,30,33,36,39-65H2,1-5H3/b10-8-,16-14-,22-20-,26-25-,29-28-,32-31-,35-34-,38-37-. The van der Waals surface area contributed by atoms with E-state index < -0.39 is 24.3 Å². The van der Waals surface area contributed by atoms with Crippen LogP contribution in [0.15, 0.2) is 97.2 Å². The molecule has 0 amide bonds. The highest BCUT2D eigenvalue weighted by molar-refractivity contribution is 5.70. The van der Waals surface area contributed by atoms with E-state index in [1.807, 2.05) is 21.1 Å². The van der Waals surface area contributed by atoms with Gasteiger partial charge in [0.15, 0.2) is 12.4 Å². The number of aliphatic carboxylic acids is 1. The van der Waals surface area contributed by atoms with E-state index >= 15 is 0 Å². The fourth-order valence-corrected chi connectivity index (χ4v) is 8.91. The van der Waals surface area contributed by atoms with Crippen LogP contribution in [0.25, 0.3) is 0 Å². The Hall–Kier alpha value is -3.79. The van der Waals surface area contributed by atoms with Gasteiger partial charge in [0.1, 0.15) is 13.2 Å². The molecule has 0 spiro atoms. The van der Waals surface area contributed by atoms with E-state index in [-0.39, 0.29) is 32.2 Å². The molecule has 0 fully saturated rings. The maximum absolute atomic E-state index is 12.9. The van der Waals surface area contributed by atoms with Gasteiger partial charge in [-0.3, -0.25) is 9.59 Å². The zero-order valence-corrected chi connectivity index (χ0v) is 51.7. The number of unbranched alkanes of at least 4 members (excludes halogenated alkanes) is 28. The van der Waals surface area contributed by atoms with Crippen LogP contribution in [-0.4, -0.2) is 82.3 Å². The summed E-state index contributed by atoms with van der Waals surface area (Å²) in [6.45, 7) is 4.65. The molecule has 0 rings (SSSR count). The number of carbonyl (C=O) groups is 3. The lowest BCUT2D eigenvalue weighted by atomic mass is 10.0. The van der Waals surface area contributed by atoms with Crippen molar-refractivity contribution in [2.45, 2.75) is 283 Å². The largest absolute Gasteiger partial charge is 0.545 e. The Morgan fingerprint density at radius 1 is 0.392 bits per heavy atom. The molecule has 0 saturated heterocycles. The van der Waals surface area contributed by atoms with E-state index in [1.165, 1.54) is 148 Å². The number of carboxylic acids is 1. The van der Waals surface area contributed by atoms with Gasteiger partial charge < -0.3 is 33.3 Å². The average molecular weight is 1100 g/mol. The Bertz CT molecular complexity index is 1620. The summed E-state index contributed by atoms with van der Waals surface area (Å²) in [6.07, 6.45) is 79.0. The molecular formula is C70H121NO8. The van der Waals surface area contributed by atoms with Crippen molar-refractivity contribution >= 4 is 17.9 Å². The molecule has 2 unspecified atom stereocenters. The number of nitrogens with zero attached hydrogens (tertiary/aromatic N) is 1. The van der Waals surface area contributed by atoms with E-state index in [0.717, 1.165) is 89.9 Å². The van der Waals surface area contributed by atoms with Crippen molar-refractivity contribution in [1.29, 1.82) is 0 Å². The second-order valence-corrected chi connectivity index (χ2v) is 22.7. The minimum absolute atomic E-state index is 0.146. The van der Waals surface area contributed by atoms with Crippen LogP contribution in [0.4, 0.5) is 0 Å². The van der Waals surface area contributed by atoms with Crippen LogP contribution in [0.1, 0.15) is 271 Å². The third-order valence-corrected chi connectivity index (χ3v) is 13.8. The SMILES string of the molecule is CC/C=C\C/C=C\C/C=C\C/C=C\C/C=C\C/C=C\C/C=C\C/C=C\CCCCCCCCCCCCCCC(=O)OC(COC(=O)CCCCCCCCCCCCCCCCCCC)COC(OCC[N+](C)(C)C)C(=O)[O-]. The van der Waals surface area contributed by atoms with Crippen LogP contribution < -0.4 is 5.11 Å². The molecule has 0 aliphatic carbocycles. The van der Waals surface area contributed by atoms with Gasteiger partial charge in [-0.05, 0) is 77.0 Å². The van der Waals surface area contributed by atoms with Crippen molar-refractivity contribution in [2.75, 3.05) is 47.5 Å². The van der Waals surface area contributed by atoms with Crippen molar-refractivity contribution in [1.82, 2.24) is 0 Å². The van der Waals surface area contributed by atoms with Crippen molar-refractivity contribution in [3.8, 4) is 0 Å². The monoisotopic (exact) mass is 1100 g/mol. The lowest BCUT2D eigenvalue weighted by molar-refractivity contribution is -0.870. The average Bonchev–Trinajstić information content (AvgIpc) is 3.42. The van der Waals surface area contributed by atoms with Crippen LogP contribution >= 0.6 is 0 Å². The third-order valence-electron chi connectivity index (χ3n) is 13.8. The smallest absolute Gasteiger partial charge is 0.306 e. The quantitative estimate of drug-likeness (QED) is 0.0195. The number of esters is 2. The van der Waals surface area contributed by atoms with Gasteiger partial charge >= 0.3 is 11.9 Å². The predicted molar refractivity (Wildman–Crippen MR) is 334 cm³/mol. The molecule has 0 heterocycles. The first kappa shape index (κ1) is 75.2. The first-order valence-electron chi connectivity index (χ1n) is 32.4. The third kappa shape index (κ3) is 61.7. The molecule has 9 heteroatoms. The van der Waals surface area contributed by atoms with E-state index in [4.69, 9.17) is 18.9 Å². The molecule has 0 radical (unpaired) electrons. The Labute approximate surface area is 486 Å². The summed E-state index contributed by atoms with van der Waals surface area (Å²) >= 11 is 0. The fraction of sp³-hybridized carbons (Fsp3) is 0.729. The zero-order chi connectivity index (χ0) is 57.6. The van der Waals surface area contributed by atoms with E-state index in [0.29, 0.717) is 23.9 Å². The van der Waals surface area contributed by atoms with Gasteiger partial charge in [-0.2, -0.15) is 0 Å². The van der Waals surface area contributed by atoms with Crippen molar-refractivity contribution in [3.63, 3.8) is 0 Å². The van der Waals surface area contributed by atoms with Crippen LogP contribution in [0.5, 0.6) is 0 Å². The predicted octanol–water partition coefficient (Wildman–Crippen LogP) is 18.4. The van der Waals surface area contributed by atoms with Gasteiger partial charge in [-0.25, -0.2) is 0 Å². The number of rotatable bonds is 59. The normalized spacial score (nSPS) is 13.4. The van der Waals surface area contributed by atoms with E-state index in [9.17, 15) is 19.5 Å². The summed E-state index contributed by atoms with van der Waals surface area (Å²) in [5.74, 6) is -2.28.